The van der Waals surface area contributed by atoms with Gasteiger partial charge in [-0.25, -0.2) is 4.98 Å². The molecule has 6 heteroatoms. The van der Waals surface area contributed by atoms with Gasteiger partial charge < -0.3 is 9.67 Å². The first-order chi connectivity index (χ1) is 9.11. The molecule has 0 bridgehead atoms. The van der Waals surface area contributed by atoms with Crippen molar-refractivity contribution in [3.63, 3.8) is 0 Å². The summed E-state index contributed by atoms with van der Waals surface area (Å²) in [6.07, 6.45) is 2.73. The Morgan fingerprint density at radius 1 is 1.53 bits per heavy atom. The number of hydrogen-bond donors (Lipinski definition) is 1. The van der Waals surface area contributed by atoms with Gasteiger partial charge >= 0.3 is 5.97 Å². The van der Waals surface area contributed by atoms with E-state index in [4.69, 9.17) is 5.11 Å². The third-order valence-electron chi connectivity index (χ3n) is 2.88. The Kier molecular flexibility index (Phi) is 4.66. The van der Waals surface area contributed by atoms with Crippen molar-refractivity contribution in [2.75, 3.05) is 5.75 Å². The zero-order chi connectivity index (χ0) is 13.8. The van der Waals surface area contributed by atoms with Gasteiger partial charge in [0.15, 0.2) is 5.16 Å². The summed E-state index contributed by atoms with van der Waals surface area (Å²) in [6.45, 7) is 4.94. The Bertz CT molecular complexity index is 575. The van der Waals surface area contributed by atoms with Crippen molar-refractivity contribution < 1.29 is 9.90 Å². The number of nitrogens with zero attached hydrogens (tertiary/aromatic N) is 2. The molecule has 1 N–H and O–H groups in total. The highest BCUT2D eigenvalue weighted by Crippen LogP contribution is 2.23. The summed E-state index contributed by atoms with van der Waals surface area (Å²) in [5.74, 6) is -0.771. The second-order valence-corrected chi connectivity index (χ2v) is 5.92. The lowest BCUT2D eigenvalue weighted by Crippen LogP contribution is -2.07. The highest BCUT2D eigenvalue weighted by atomic mass is 32.2. The topological polar surface area (TPSA) is 55.1 Å². The molecule has 0 atom stereocenters. The number of hydrogen-bond acceptors (Lipinski definition) is 4. The molecule has 0 fully saturated rings. The number of rotatable bonds is 6. The molecule has 0 radical (unpaired) electrons. The molecule has 0 saturated carbocycles. The Hall–Kier alpha value is -1.27. The second kappa shape index (κ2) is 6.25. The number of thiophene rings is 1. The molecule has 0 aliphatic rings. The van der Waals surface area contributed by atoms with Crippen LogP contribution in [0.2, 0.25) is 0 Å². The van der Waals surface area contributed by atoms with Crippen LogP contribution in [-0.2, 0) is 17.8 Å². The van der Waals surface area contributed by atoms with E-state index in [-0.39, 0.29) is 5.75 Å². The van der Waals surface area contributed by atoms with E-state index >= 15 is 0 Å². The van der Waals surface area contributed by atoms with Crippen molar-refractivity contribution in [1.29, 1.82) is 0 Å². The first kappa shape index (κ1) is 14.1. The normalized spacial score (nSPS) is 10.8. The standard InChI is InChI=1S/C13H16N2O2S2/c1-3-11-4-14-13(19-8-12(16)17)15(11)5-10-7-18-6-9(10)2/h4,6-7H,3,5,8H2,1-2H3,(H,16,17). The minimum Gasteiger partial charge on any atom is -0.481 e. The lowest BCUT2D eigenvalue weighted by atomic mass is 10.2. The molecular weight excluding hydrogens is 280 g/mol. The summed E-state index contributed by atoms with van der Waals surface area (Å²) in [7, 11) is 0. The highest BCUT2D eigenvalue weighted by Gasteiger charge is 2.12. The highest BCUT2D eigenvalue weighted by molar-refractivity contribution is 7.99. The number of carboxylic acids is 1. The van der Waals surface area contributed by atoms with Crippen LogP contribution in [0, 0.1) is 6.92 Å². The van der Waals surface area contributed by atoms with E-state index < -0.39 is 5.97 Å². The van der Waals surface area contributed by atoms with Crippen LogP contribution in [0.3, 0.4) is 0 Å². The van der Waals surface area contributed by atoms with Crippen LogP contribution < -0.4 is 0 Å². The van der Waals surface area contributed by atoms with Crippen LogP contribution in [0.1, 0.15) is 23.7 Å². The van der Waals surface area contributed by atoms with Gasteiger partial charge in [-0.2, -0.15) is 11.3 Å². The summed E-state index contributed by atoms with van der Waals surface area (Å²) in [5.41, 5.74) is 3.68. The molecule has 102 valence electrons. The Balaban J connectivity index is 2.23. The Morgan fingerprint density at radius 3 is 2.89 bits per heavy atom. The van der Waals surface area contributed by atoms with Gasteiger partial charge in [0, 0.05) is 11.9 Å². The van der Waals surface area contributed by atoms with Gasteiger partial charge in [0.05, 0.1) is 12.3 Å². The van der Waals surface area contributed by atoms with Crippen LogP contribution in [-0.4, -0.2) is 26.4 Å². The first-order valence-corrected chi connectivity index (χ1v) is 7.95. The van der Waals surface area contributed by atoms with Crippen molar-refractivity contribution in [2.24, 2.45) is 0 Å². The quantitative estimate of drug-likeness (QED) is 0.832. The van der Waals surface area contributed by atoms with Gasteiger partial charge in [0.2, 0.25) is 0 Å². The second-order valence-electron chi connectivity index (χ2n) is 4.23. The van der Waals surface area contributed by atoms with E-state index in [1.807, 2.05) is 6.20 Å². The summed E-state index contributed by atoms with van der Waals surface area (Å²) in [4.78, 5) is 15.0. The molecule has 4 nitrogen and oxygen atoms in total. The summed E-state index contributed by atoms with van der Waals surface area (Å²) < 4.78 is 2.11. The summed E-state index contributed by atoms with van der Waals surface area (Å²) in [5, 5.41) is 13.8. The van der Waals surface area contributed by atoms with Gasteiger partial charge in [-0.05, 0) is 35.2 Å². The third kappa shape index (κ3) is 3.39. The van der Waals surface area contributed by atoms with Crippen molar-refractivity contribution in [3.05, 3.63) is 33.8 Å². The summed E-state index contributed by atoms with van der Waals surface area (Å²) in [6, 6.07) is 0. The number of carboxylic acid groups (broad SMARTS) is 1. The van der Waals surface area contributed by atoms with Crippen molar-refractivity contribution in [2.45, 2.75) is 32.0 Å². The molecule has 0 aromatic carbocycles. The molecule has 0 aliphatic carbocycles. The molecule has 2 aromatic rings. The van der Waals surface area contributed by atoms with Gasteiger partial charge in [0.25, 0.3) is 0 Å². The third-order valence-corrected chi connectivity index (χ3v) is 4.76. The van der Waals surface area contributed by atoms with E-state index in [2.05, 4.69) is 34.2 Å². The minimum atomic E-state index is -0.815. The minimum absolute atomic E-state index is 0.0444. The zero-order valence-corrected chi connectivity index (χ0v) is 12.6. The lowest BCUT2D eigenvalue weighted by Gasteiger charge is -2.10. The fourth-order valence-corrected chi connectivity index (χ4v) is 3.37. The number of aryl methyl sites for hydroxylation is 2. The van der Waals surface area contributed by atoms with Crippen LogP contribution >= 0.6 is 23.1 Å². The molecule has 0 aliphatic heterocycles. The van der Waals surface area contributed by atoms with Crippen molar-refractivity contribution in [1.82, 2.24) is 9.55 Å². The predicted molar refractivity (Wildman–Crippen MR) is 78.1 cm³/mol. The lowest BCUT2D eigenvalue weighted by molar-refractivity contribution is -0.133. The molecule has 0 spiro atoms. The SMILES string of the molecule is CCc1cnc(SCC(=O)O)n1Cc1cscc1C. The fourth-order valence-electron chi connectivity index (χ4n) is 1.80. The van der Waals surface area contributed by atoms with E-state index in [1.54, 1.807) is 11.3 Å². The molecule has 0 unspecified atom stereocenters. The molecule has 2 aromatic heterocycles. The first-order valence-electron chi connectivity index (χ1n) is 6.02. The van der Waals surface area contributed by atoms with Crippen LogP contribution in [0.4, 0.5) is 0 Å². The molecule has 19 heavy (non-hydrogen) atoms. The molecule has 0 amide bonds. The largest absolute Gasteiger partial charge is 0.481 e. The number of aromatic nitrogens is 2. The van der Waals surface area contributed by atoms with E-state index in [1.165, 1.54) is 22.9 Å². The van der Waals surface area contributed by atoms with Gasteiger partial charge in [-0.15, -0.1) is 0 Å². The average molecular weight is 296 g/mol. The summed E-state index contributed by atoms with van der Waals surface area (Å²) >= 11 is 2.97. The van der Waals surface area contributed by atoms with Gasteiger partial charge in [-0.3, -0.25) is 4.79 Å². The molecule has 2 rings (SSSR count). The number of imidazole rings is 1. The predicted octanol–water partition coefficient (Wildman–Crippen LogP) is 3.04. The smallest absolute Gasteiger partial charge is 0.313 e. The van der Waals surface area contributed by atoms with Crippen molar-refractivity contribution >= 4 is 29.1 Å². The fraction of sp³-hybridized carbons (Fsp3) is 0.385. The van der Waals surface area contributed by atoms with Crippen LogP contribution in [0.5, 0.6) is 0 Å². The molecule has 2 heterocycles. The maximum Gasteiger partial charge on any atom is 0.313 e. The Morgan fingerprint density at radius 2 is 2.32 bits per heavy atom. The maximum atomic E-state index is 10.7. The van der Waals surface area contributed by atoms with Crippen LogP contribution in [0.15, 0.2) is 22.1 Å². The number of aliphatic carboxylic acids is 1. The molecule has 0 saturated heterocycles. The number of thioether (sulfide) groups is 1. The van der Waals surface area contributed by atoms with Gasteiger partial charge in [-0.1, -0.05) is 18.7 Å². The average Bonchev–Trinajstić information content (AvgIpc) is 2.95. The monoisotopic (exact) mass is 296 g/mol. The number of carbonyl (C=O) groups is 1. The Labute approximate surface area is 120 Å². The molecular formula is C13H16N2O2S2. The van der Waals surface area contributed by atoms with Gasteiger partial charge in [0.1, 0.15) is 0 Å². The zero-order valence-electron chi connectivity index (χ0n) is 10.9. The van der Waals surface area contributed by atoms with E-state index in [0.717, 1.165) is 23.8 Å². The maximum absolute atomic E-state index is 10.7. The van der Waals surface area contributed by atoms with Crippen LogP contribution in [0.25, 0.3) is 0 Å². The van der Waals surface area contributed by atoms with E-state index in [9.17, 15) is 4.79 Å². The van der Waals surface area contributed by atoms with Crippen molar-refractivity contribution in [3.8, 4) is 0 Å². The van der Waals surface area contributed by atoms with E-state index in [0.29, 0.717) is 0 Å².